The summed E-state index contributed by atoms with van der Waals surface area (Å²) in [4.78, 5) is 4.21. The number of benzene rings is 1. The van der Waals surface area contributed by atoms with Gasteiger partial charge in [0.15, 0.2) is 6.61 Å². The Morgan fingerprint density at radius 1 is 1.45 bits per heavy atom. The molecule has 1 aromatic heterocycles. The molecule has 0 bridgehead atoms. The molecule has 0 aliphatic carbocycles. The summed E-state index contributed by atoms with van der Waals surface area (Å²) in [7, 11) is 0. The van der Waals surface area contributed by atoms with E-state index in [2.05, 4.69) is 15.5 Å². The van der Waals surface area contributed by atoms with Crippen molar-refractivity contribution >= 4 is 0 Å². The second kappa shape index (κ2) is 5.98. The average molecular weight is 279 g/mol. The summed E-state index contributed by atoms with van der Waals surface area (Å²) in [5, 5.41) is 7.00. The number of halogens is 1. The normalized spacial score (nSPS) is 18.9. The number of nitrogens with zero attached hydrogens (tertiary/aromatic N) is 2. The number of aromatic nitrogens is 2. The zero-order valence-electron chi connectivity index (χ0n) is 10.7. The molecule has 0 amide bonds. The van der Waals surface area contributed by atoms with E-state index in [4.69, 9.17) is 14.0 Å². The van der Waals surface area contributed by atoms with Gasteiger partial charge in [0, 0.05) is 19.2 Å². The van der Waals surface area contributed by atoms with Crippen molar-refractivity contribution in [2.75, 3.05) is 19.7 Å². The van der Waals surface area contributed by atoms with E-state index in [9.17, 15) is 4.39 Å². The van der Waals surface area contributed by atoms with Crippen molar-refractivity contribution in [2.45, 2.75) is 12.7 Å². The lowest BCUT2D eigenvalue weighted by Crippen LogP contribution is -2.33. The largest absolute Gasteiger partial charge is 0.485 e. The van der Waals surface area contributed by atoms with Gasteiger partial charge in [0.25, 0.3) is 5.89 Å². The number of rotatable bonds is 4. The van der Waals surface area contributed by atoms with Gasteiger partial charge < -0.3 is 19.3 Å². The fourth-order valence-electron chi connectivity index (χ4n) is 1.89. The molecule has 0 unspecified atom stereocenters. The third kappa shape index (κ3) is 3.12. The van der Waals surface area contributed by atoms with Crippen molar-refractivity contribution in [2.24, 2.45) is 0 Å². The van der Waals surface area contributed by atoms with Crippen LogP contribution in [0.3, 0.4) is 0 Å². The van der Waals surface area contributed by atoms with Gasteiger partial charge >= 0.3 is 0 Å². The standard InChI is InChI=1S/C13H14FN3O3/c14-9-2-1-3-10(6-9)19-8-12-16-13(20-17-12)11-7-15-4-5-18-11/h1-3,6,11,15H,4-5,7-8H2/t11-/m0/s1. The van der Waals surface area contributed by atoms with Gasteiger partial charge in [-0.1, -0.05) is 11.2 Å². The highest BCUT2D eigenvalue weighted by molar-refractivity contribution is 5.22. The monoisotopic (exact) mass is 279 g/mol. The van der Waals surface area contributed by atoms with Gasteiger partial charge in [0.1, 0.15) is 17.7 Å². The molecule has 20 heavy (non-hydrogen) atoms. The molecule has 1 atom stereocenters. The van der Waals surface area contributed by atoms with Crippen LogP contribution in [0.1, 0.15) is 17.8 Å². The second-order valence-electron chi connectivity index (χ2n) is 4.36. The molecule has 0 saturated carbocycles. The average Bonchev–Trinajstić information content (AvgIpc) is 2.95. The van der Waals surface area contributed by atoms with Crippen LogP contribution in [-0.4, -0.2) is 29.8 Å². The number of ether oxygens (including phenoxy) is 2. The molecule has 6 nitrogen and oxygen atoms in total. The Labute approximate surface area is 114 Å². The second-order valence-corrected chi connectivity index (χ2v) is 4.36. The van der Waals surface area contributed by atoms with Gasteiger partial charge in [-0.05, 0) is 12.1 Å². The predicted octanol–water partition coefficient (Wildman–Crippen LogP) is 1.45. The molecule has 0 spiro atoms. The van der Waals surface area contributed by atoms with Crippen LogP contribution in [0.2, 0.25) is 0 Å². The lowest BCUT2D eigenvalue weighted by Gasteiger charge is -2.19. The first kappa shape index (κ1) is 13.0. The van der Waals surface area contributed by atoms with Crippen molar-refractivity contribution in [1.29, 1.82) is 0 Å². The molecule has 1 saturated heterocycles. The molecule has 0 radical (unpaired) electrons. The van der Waals surface area contributed by atoms with Crippen molar-refractivity contribution in [3.8, 4) is 5.75 Å². The van der Waals surface area contributed by atoms with E-state index in [-0.39, 0.29) is 18.5 Å². The zero-order chi connectivity index (χ0) is 13.8. The lowest BCUT2D eigenvalue weighted by atomic mass is 10.3. The van der Waals surface area contributed by atoms with Crippen molar-refractivity contribution in [3.05, 3.63) is 41.8 Å². The van der Waals surface area contributed by atoms with E-state index in [1.807, 2.05) is 0 Å². The number of morpholine rings is 1. The van der Waals surface area contributed by atoms with Gasteiger partial charge in [-0.3, -0.25) is 0 Å². The van der Waals surface area contributed by atoms with Gasteiger partial charge in [0.05, 0.1) is 6.61 Å². The summed E-state index contributed by atoms with van der Waals surface area (Å²) >= 11 is 0. The summed E-state index contributed by atoms with van der Waals surface area (Å²) in [5.74, 6) is 0.901. The van der Waals surface area contributed by atoms with Crippen LogP contribution >= 0.6 is 0 Å². The maximum absolute atomic E-state index is 13.0. The van der Waals surface area contributed by atoms with Crippen LogP contribution in [0.4, 0.5) is 4.39 Å². The highest BCUT2D eigenvalue weighted by Gasteiger charge is 2.22. The molecule has 2 heterocycles. The number of hydrogen-bond donors (Lipinski definition) is 1. The van der Waals surface area contributed by atoms with E-state index in [1.54, 1.807) is 12.1 Å². The van der Waals surface area contributed by atoms with E-state index >= 15 is 0 Å². The molecule has 7 heteroatoms. The highest BCUT2D eigenvalue weighted by Crippen LogP contribution is 2.17. The van der Waals surface area contributed by atoms with Gasteiger partial charge in [-0.25, -0.2) is 4.39 Å². The third-order valence-corrected chi connectivity index (χ3v) is 2.85. The quantitative estimate of drug-likeness (QED) is 0.913. The molecule has 106 valence electrons. The summed E-state index contributed by atoms with van der Waals surface area (Å²) in [6.07, 6.45) is -0.223. The summed E-state index contributed by atoms with van der Waals surface area (Å²) < 4.78 is 29.0. The fourth-order valence-corrected chi connectivity index (χ4v) is 1.89. The molecular weight excluding hydrogens is 265 g/mol. The van der Waals surface area contributed by atoms with E-state index < -0.39 is 0 Å². The van der Waals surface area contributed by atoms with Gasteiger partial charge in [-0.2, -0.15) is 4.98 Å². The minimum absolute atomic E-state index is 0.118. The van der Waals surface area contributed by atoms with Gasteiger partial charge in [0.2, 0.25) is 5.82 Å². The van der Waals surface area contributed by atoms with Crippen molar-refractivity contribution < 1.29 is 18.4 Å². The van der Waals surface area contributed by atoms with Crippen LogP contribution in [0, 0.1) is 5.82 Å². The SMILES string of the molecule is Fc1cccc(OCc2noc([C@@H]3CNCCO3)n2)c1. The molecular formula is C13H14FN3O3. The maximum Gasteiger partial charge on any atom is 0.257 e. The minimum Gasteiger partial charge on any atom is -0.485 e. The smallest absolute Gasteiger partial charge is 0.257 e. The Balaban J connectivity index is 1.59. The topological polar surface area (TPSA) is 69.4 Å². The first-order valence-electron chi connectivity index (χ1n) is 6.34. The van der Waals surface area contributed by atoms with E-state index in [0.717, 1.165) is 6.54 Å². The Bertz CT molecular complexity index is 569. The molecule has 3 rings (SSSR count). The number of hydrogen-bond acceptors (Lipinski definition) is 6. The fraction of sp³-hybridized carbons (Fsp3) is 0.385. The van der Waals surface area contributed by atoms with Crippen LogP contribution in [0.5, 0.6) is 5.75 Å². The van der Waals surface area contributed by atoms with Crippen LogP contribution in [0.25, 0.3) is 0 Å². The van der Waals surface area contributed by atoms with E-state index in [0.29, 0.717) is 30.6 Å². The van der Waals surface area contributed by atoms with Crippen LogP contribution in [0.15, 0.2) is 28.8 Å². The third-order valence-electron chi connectivity index (χ3n) is 2.85. The zero-order valence-corrected chi connectivity index (χ0v) is 10.7. The number of nitrogens with one attached hydrogen (secondary N) is 1. The summed E-state index contributed by atoms with van der Waals surface area (Å²) in [6.45, 7) is 2.20. The van der Waals surface area contributed by atoms with Crippen molar-refractivity contribution in [1.82, 2.24) is 15.5 Å². The summed E-state index contributed by atoms with van der Waals surface area (Å²) in [6, 6.07) is 5.90. The minimum atomic E-state index is -0.349. The molecule has 1 fully saturated rings. The van der Waals surface area contributed by atoms with Crippen molar-refractivity contribution in [3.63, 3.8) is 0 Å². The molecule has 1 aliphatic heterocycles. The lowest BCUT2D eigenvalue weighted by molar-refractivity contribution is 0.00755. The van der Waals surface area contributed by atoms with Crippen LogP contribution < -0.4 is 10.1 Å². The molecule has 2 aromatic rings. The Hall–Kier alpha value is -1.99. The first-order chi connectivity index (χ1) is 9.81. The first-order valence-corrected chi connectivity index (χ1v) is 6.34. The molecule has 1 aliphatic rings. The highest BCUT2D eigenvalue weighted by atomic mass is 19.1. The Kier molecular flexibility index (Phi) is 3.89. The predicted molar refractivity (Wildman–Crippen MR) is 66.6 cm³/mol. The van der Waals surface area contributed by atoms with Crippen LogP contribution in [-0.2, 0) is 11.3 Å². The van der Waals surface area contributed by atoms with E-state index in [1.165, 1.54) is 12.1 Å². The molecule has 1 N–H and O–H groups in total. The Morgan fingerprint density at radius 2 is 2.40 bits per heavy atom. The molecule has 1 aromatic carbocycles. The summed E-state index contributed by atoms with van der Waals surface area (Å²) in [5.41, 5.74) is 0. The Morgan fingerprint density at radius 3 is 3.20 bits per heavy atom. The maximum atomic E-state index is 13.0. The van der Waals surface area contributed by atoms with Gasteiger partial charge in [-0.15, -0.1) is 0 Å².